The fraction of sp³-hybridized carbons (Fsp3) is 0.0833. The molecule has 0 amide bonds. The second kappa shape index (κ2) is 6.72. The van der Waals surface area contributed by atoms with Crippen LogP contribution in [0.3, 0.4) is 0 Å². The highest BCUT2D eigenvalue weighted by Crippen LogP contribution is 2.12. The molecule has 96 valence electrons. The third-order valence-corrected chi connectivity index (χ3v) is 2.11. The van der Waals surface area contributed by atoms with E-state index in [0.717, 1.165) is 18.5 Å². The Hall–Kier alpha value is -2.93. The maximum atomic E-state index is 13.2. The highest BCUT2D eigenvalue weighted by molar-refractivity contribution is 5.60. The van der Waals surface area contributed by atoms with Crippen LogP contribution in [-0.4, -0.2) is 6.34 Å². The lowest BCUT2D eigenvalue weighted by atomic mass is 10.2. The number of nitrogens with two attached hydrogens (primary N) is 1. The Balaban J connectivity index is 2.72. The number of hydrogen-bond donors (Lipinski definition) is 2. The van der Waals surface area contributed by atoms with Gasteiger partial charge in [-0.05, 0) is 12.1 Å². The van der Waals surface area contributed by atoms with Gasteiger partial charge in [-0.1, -0.05) is 6.07 Å². The Bertz CT molecular complexity index is 587. The van der Waals surface area contributed by atoms with Gasteiger partial charge in [0.1, 0.15) is 29.5 Å². The van der Waals surface area contributed by atoms with Gasteiger partial charge in [0.15, 0.2) is 5.70 Å². The minimum Gasteiger partial charge on any atom is -0.388 e. The largest absolute Gasteiger partial charge is 0.388 e. The molecule has 0 heterocycles. The van der Waals surface area contributed by atoms with Crippen LogP contribution in [0.4, 0.5) is 8.78 Å². The first-order chi connectivity index (χ1) is 9.10. The minimum absolute atomic E-state index is 0.180. The van der Waals surface area contributed by atoms with Crippen molar-refractivity contribution < 1.29 is 8.78 Å². The Morgan fingerprint density at radius 1 is 1.32 bits per heavy atom. The van der Waals surface area contributed by atoms with Crippen LogP contribution < -0.4 is 11.1 Å². The van der Waals surface area contributed by atoms with Crippen LogP contribution in [0, 0.1) is 34.3 Å². The van der Waals surface area contributed by atoms with Crippen LogP contribution in [0.2, 0.25) is 0 Å². The molecule has 0 saturated heterocycles. The maximum Gasteiger partial charge on any atom is 0.152 e. The number of rotatable bonds is 4. The van der Waals surface area contributed by atoms with Crippen molar-refractivity contribution in [2.45, 2.75) is 6.54 Å². The maximum absolute atomic E-state index is 13.2. The SMILES string of the molecule is N#C/C(N)=C(\C#N)NC=NCc1c(F)cccc1F. The predicted octanol–water partition coefficient (Wildman–Crippen LogP) is 1.30. The quantitative estimate of drug-likeness (QED) is 0.485. The summed E-state index contributed by atoms with van der Waals surface area (Å²) in [5.41, 5.74) is 4.56. The average Bonchev–Trinajstić information content (AvgIpc) is 2.41. The minimum atomic E-state index is -0.704. The topological polar surface area (TPSA) is 98.0 Å². The van der Waals surface area contributed by atoms with E-state index < -0.39 is 11.6 Å². The summed E-state index contributed by atoms with van der Waals surface area (Å²) in [6.07, 6.45) is 1.05. The van der Waals surface area contributed by atoms with E-state index in [0.29, 0.717) is 0 Å². The van der Waals surface area contributed by atoms with Gasteiger partial charge in [-0.25, -0.2) is 8.78 Å². The van der Waals surface area contributed by atoms with E-state index in [1.807, 2.05) is 0 Å². The number of nitriles is 2. The summed E-state index contributed by atoms with van der Waals surface area (Å²) in [6, 6.07) is 6.73. The van der Waals surface area contributed by atoms with Gasteiger partial charge in [0.05, 0.1) is 12.9 Å². The van der Waals surface area contributed by atoms with Gasteiger partial charge < -0.3 is 11.1 Å². The number of aliphatic imine (C=N–C) groups is 1. The monoisotopic (exact) mass is 261 g/mol. The Labute approximate surface area is 108 Å². The molecule has 0 bridgehead atoms. The molecule has 0 unspecified atom stereocenters. The molecule has 0 aliphatic carbocycles. The molecule has 1 aromatic carbocycles. The lowest BCUT2D eigenvalue weighted by Crippen LogP contribution is -2.15. The zero-order valence-corrected chi connectivity index (χ0v) is 9.69. The van der Waals surface area contributed by atoms with Crippen LogP contribution in [-0.2, 0) is 6.54 Å². The molecule has 0 atom stereocenters. The summed E-state index contributed by atoms with van der Waals surface area (Å²) in [4.78, 5) is 3.70. The third-order valence-electron chi connectivity index (χ3n) is 2.11. The third kappa shape index (κ3) is 3.79. The van der Waals surface area contributed by atoms with Gasteiger partial charge in [-0.15, -0.1) is 0 Å². The fourth-order valence-corrected chi connectivity index (χ4v) is 1.16. The summed E-state index contributed by atoms with van der Waals surface area (Å²) in [7, 11) is 0. The lowest BCUT2D eigenvalue weighted by molar-refractivity contribution is 0.557. The smallest absolute Gasteiger partial charge is 0.152 e. The van der Waals surface area contributed by atoms with Crippen molar-refractivity contribution in [3.63, 3.8) is 0 Å². The molecule has 0 aliphatic heterocycles. The number of nitrogens with zero attached hydrogens (tertiary/aromatic N) is 3. The van der Waals surface area contributed by atoms with Gasteiger partial charge >= 0.3 is 0 Å². The van der Waals surface area contributed by atoms with Gasteiger partial charge in [0.25, 0.3) is 0 Å². The number of benzene rings is 1. The summed E-state index contributed by atoms with van der Waals surface area (Å²) < 4.78 is 26.5. The van der Waals surface area contributed by atoms with Gasteiger partial charge in [0.2, 0.25) is 0 Å². The summed E-state index contributed by atoms with van der Waals surface area (Å²) in [5, 5.41) is 19.5. The first-order valence-corrected chi connectivity index (χ1v) is 5.07. The zero-order valence-electron chi connectivity index (χ0n) is 9.69. The van der Waals surface area contributed by atoms with Gasteiger partial charge in [0, 0.05) is 5.56 Å². The van der Waals surface area contributed by atoms with Crippen LogP contribution in [0.25, 0.3) is 0 Å². The van der Waals surface area contributed by atoms with Crippen LogP contribution >= 0.6 is 0 Å². The molecule has 19 heavy (non-hydrogen) atoms. The van der Waals surface area contributed by atoms with E-state index in [4.69, 9.17) is 16.3 Å². The van der Waals surface area contributed by atoms with Crippen LogP contribution in [0.1, 0.15) is 5.56 Å². The van der Waals surface area contributed by atoms with Gasteiger partial charge in [-0.3, -0.25) is 4.99 Å². The highest BCUT2D eigenvalue weighted by Gasteiger charge is 2.06. The zero-order chi connectivity index (χ0) is 14.3. The van der Waals surface area contributed by atoms with E-state index in [1.54, 1.807) is 12.1 Å². The van der Waals surface area contributed by atoms with Crippen molar-refractivity contribution in [2.24, 2.45) is 10.7 Å². The standard InChI is InChI=1S/C12H9F2N5/c13-9-2-1-3-10(14)8(9)6-18-7-19-12(5-16)11(17)4-15/h1-3,7H,6,17H2,(H,18,19)/b12-11-. The van der Waals surface area contributed by atoms with E-state index in [2.05, 4.69) is 10.3 Å². The average molecular weight is 261 g/mol. The Morgan fingerprint density at radius 3 is 2.47 bits per heavy atom. The molecule has 0 spiro atoms. The summed E-state index contributed by atoms with van der Waals surface area (Å²) >= 11 is 0. The molecule has 0 saturated carbocycles. The Morgan fingerprint density at radius 2 is 1.95 bits per heavy atom. The van der Waals surface area contributed by atoms with Crippen LogP contribution in [0.15, 0.2) is 34.6 Å². The molecule has 5 nitrogen and oxygen atoms in total. The normalized spacial score (nSPS) is 11.6. The number of allylic oxidation sites excluding steroid dienone is 2. The van der Waals surface area contributed by atoms with Crippen molar-refractivity contribution >= 4 is 6.34 Å². The summed E-state index contributed by atoms with van der Waals surface area (Å²) in [5.74, 6) is -1.41. The molecule has 0 radical (unpaired) electrons. The van der Waals surface area contributed by atoms with Crippen LogP contribution in [0.5, 0.6) is 0 Å². The second-order valence-electron chi connectivity index (χ2n) is 3.33. The Kier molecular flexibility index (Phi) is 5.00. The van der Waals surface area contributed by atoms with Crippen molar-refractivity contribution in [3.05, 3.63) is 46.8 Å². The van der Waals surface area contributed by atoms with E-state index in [1.165, 1.54) is 6.07 Å². The van der Waals surface area contributed by atoms with Crippen molar-refractivity contribution in [1.82, 2.24) is 5.32 Å². The lowest BCUT2D eigenvalue weighted by Gasteiger charge is -2.01. The molecule has 3 N–H and O–H groups in total. The fourth-order valence-electron chi connectivity index (χ4n) is 1.16. The molecular weight excluding hydrogens is 252 g/mol. The molecule has 0 fully saturated rings. The van der Waals surface area contributed by atoms with Crippen molar-refractivity contribution in [2.75, 3.05) is 0 Å². The number of halogens is 2. The number of nitrogens with one attached hydrogen (secondary N) is 1. The molecule has 1 aromatic rings. The molecule has 7 heteroatoms. The summed E-state index contributed by atoms with van der Waals surface area (Å²) in [6.45, 7) is -0.239. The second-order valence-corrected chi connectivity index (χ2v) is 3.33. The molecule has 1 rings (SSSR count). The van der Waals surface area contributed by atoms with Crippen molar-refractivity contribution in [1.29, 1.82) is 10.5 Å². The van der Waals surface area contributed by atoms with E-state index >= 15 is 0 Å². The van der Waals surface area contributed by atoms with E-state index in [9.17, 15) is 8.78 Å². The van der Waals surface area contributed by atoms with E-state index in [-0.39, 0.29) is 23.5 Å². The first-order valence-electron chi connectivity index (χ1n) is 5.07. The molecule has 0 aromatic heterocycles. The van der Waals surface area contributed by atoms with Crippen molar-refractivity contribution in [3.8, 4) is 12.1 Å². The van der Waals surface area contributed by atoms with Gasteiger partial charge in [-0.2, -0.15) is 10.5 Å². The highest BCUT2D eigenvalue weighted by atomic mass is 19.1. The molecular formula is C12H9F2N5. The molecule has 0 aliphatic rings. The first kappa shape index (κ1) is 14.1. The predicted molar refractivity (Wildman–Crippen MR) is 64.1 cm³/mol. The number of hydrogen-bond acceptors (Lipinski definition) is 4.